The molecule has 8 heteroatoms. The molecule has 0 aliphatic rings. The molecule has 0 fully saturated rings. The average Bonchev–Trinajstić information content (AvgIpc) is 3.46. The second kappa shape index (κ2) is 28.7. The predicted octanol–water partition coefficient (Wildman–Crippen LogP) is 19.8. The molecule has 9 rings (SSSR count). The van der Waals surface area contributed by atoms with Crippen LogP contribution in [0.15, 0.2) is 213 Å². The fourth-order valence-corrected chi connectivity index (χ4v) is 8.73. The molecule has 0 unspecified atom stereocenters. The minimum absolute atomic E-state index is 0. The first-order valence-electron chi connectivity index (χ1n) is 27.7. The number of aromatic nitrogens is 3. The molecule has 0 radical (unpaired) electrons. The molecule has 3 aromatic heterocycles. The molecule has 6 nitrogen and oxygen atoms in total. The van der Waals surface area contributed by atoms with Gasteiger partial charge in [-0.15, -0.1) is 138 Å². The van der Waals surface area contributed by atoms with E-state index in [4.69, 9.17) is 9.98 Å². The molecule has 0 aliphatic carbocycles. The van der Waals surface area contributed by atoms with Crippen molar-refractivity contribution >= 4 is 40.1 Å². The molecule has 0 amide bonds. The number of hydrogen-bond donors (Lipinski definition) is 0. The maximum atomic E-state index is 5.08. The van der Waals surface area contributed by atoms with Crippen LogP contribution in [0.4, 0.5) is 28.6 Å². The van der Waals surface area contributed by atoms with Crippen LogP contribution in [0.3, 0.4) is 0 Å². The zero-order valence-electron chi connectivity index (χ0n) is 50.2. The van der Waals surface area contributed by atoms with Crippen molar-refractivity contribution in [3.63, 3.8) is 0 Å². The van der Waals surface area contributed by atoms with E-state index in [1.807, 2.05) is 129 Å². The third kappa shape index (κ3) is 17.0. The molecule has 0 aliphatic heterocycles. The molecule has 424 valence electrons. The fourth-order valence-electron chi connectivity index (χ4n) is 8.73. The molecular formula is C74H78N6Pt2. The van der Waals surface area contributed by atoms with Gasteiger partial charge in [0.25, 0.3) is 0 Å². The quantitative estimate of drug-likeness (QED) is 0.0734. The van der Waals surface area contributed by atoms with Crippen LogP contribution >= 0.6 is 0 Å². The van der Waals surface area contributed by atoms with Crippen LogP contribution in [0.1, 0.15) is 125 Å². The first kappa shape index (κ1) is 65.7. The van der Waals surface area contributed by atoms with Crippen LogP contribution in [0.25, 0.3) is 39.5 Å². The van der Waals surface area contributed by atoms with Crippen molar-refractivity contribution in [2.45, 2.75) is 119 Å². The topological polar surface area (TPSA) is 57.5 Å². The summed E-state index contributed by atoms with van der Waals surface area (Å²) in [5, 5.41) is 0. The number of nitrogens with zero attached hydrogens (tertiary/aromatic N) is 6. The molecule has 82 heavy (non-hydrogen) atoms. The van der Waals surface area contributed by atoms with Crippen LogP contribution < -0.4 is 9.80 Å². The Morgan fingerprint density at radius 2 is 0.902 bits per heavy atom. The van der Waals surface area contributed by atoms with E-state index in [2.05, 4.69) is 213 Å². The van der Waals surface area contributed by atoms with Gasteiger partial charge in [-0.25, -0.2) is 0 Å². The van der Waals surface area contributed by atoms with Crippen LogP contribution in [0.5, 0.6) is 0 Å². The molecule has 3 heterocycles. The van der Waals surface area contributed by atoms with Gasteiger partial charge in [-0.05, 0) is 127 Å². The molecule has 0 spiro atoms. The third-order valence-electron chi connectivity index (χ3n) is 13.4. The van der Waals surface area contributed by atoms with Gasteiger partial charge in [0.05, 0.1) is 0 Å². The van der Waals surface area contributed by atoms with Gasteiger partial charge in [0.1, 0.15) is 11.7 Å². The van der Waals surface area contributed by atoms with Crippen molar-refractivity contribution in [2.24, 2.45) is 4.99 Å². The van der Waals surface area contributed by atoms with Crippen molar-refractivity contribution in [2.75, 3.05) is 9.80 Å². The first-order chi connectivity index (χ1) is 38.1. The van der Waals surface area contributed by atoms with E-state index in [9.17, 15) is 0 Å². The van der Waals surface area contributed by atoms with Gasteiger partial charge in [-0.3, -0.25) is 14.9 Å². The Balaban J connectivity index is 0.000000285. The minimum atomic E-state index is -0.0516. The number of rotatable bonds is 11. The van der Waals surface area contributed by atoms with E-state index in [1.54, 1.807) is 6.08 Å². The van der Waals surface area contributed by atoms with Crippen molar-refractivity contribution in [1.29, 1.82) is 0 Å². The number of benzene rings is 6. The molecule has 0 N–H and O–H groups in total. The van der Waals surface area contributed by atoms with Gasteiger partial charge in [-0.1, -0.05) is 152 Å². The summed E-state index contributed by atoms with van der Waals surface area (Å²) in [6, 6.07) is 73.6. The number of hydrogen-bond acceptors (Lipinski definition) is 5. The molecule has 0 atom stereocenters. The molecule has 9 aromatic rings. The second-order valence-corrected chi connectivity index (χ2v) is 23.6. The van der Waals surface area contributed by atoms with Gasteiger partial charge in [-0.2, -0.15) is 0 Å². The van der Waals surface area contributed by atoms with E-state index < -0.39 is 0 Å². The number of pyridine rings is 3. The fraction of sp³-hybridized carbons (Fsp3) is 0.243. The predicted molar refractivity (Wildman–Crippen MR) is 340 cm³/mol. The SMILES string of the molecule is C=CC(=NC(=C)c1[c-]cccc1)N(c1cc(C(C)(C)C)cc(C(C)(C)C)c1)c1cccc(-c2[c-]cccc2)n1.CC.CC(C)(C)c1cc(N(c2[c-]c(-c3ccccn3)ccc2)c2[c-]c(-c3ccccn3)ccc2)cc(C(C)(C)C)c1.[Pt+2].[Pt+2]. The minimum Gasteiger partial charge on any atom is -0.346 e. The van der Waals surface area contributed by atoms with Gasteiger partial charge in [0.2, 0.25) is 0 Å². The Labute approximate surface area is 520 Å². The maximum Gasteiger partial charge on any atom is 2.00 e. The molecule has 0 saturated heterocycles. The summed E-state index contributed by atoms with van der Waals surface area (Å²) >= 11 is 0. The normalized spacial score (nSPS) is 11.5. The zero-order chi connectivity index (χ0) is 57.8. The Morgan fingerprint density at radius 1 is 0.476 bits per heavy atom. The average molecular weight is 1440 g/mol. The van der Waals surface area contributed by atoms with Crippen LogP contribution in [0, 0.1) is 24.3 Å². The molecule has 0 saturated carbocycles. The van der Waals surface area contributed by atoms with Gasteiger partial charge >= 0.3 is 42.1 Å². The van der Waals surface area contributed by atoms with E-state index >= 15 is 0 Å². The van der Waals surface area contributed by atoms with Crippen LogP contribution in [-0.4, -0.2) is 20.8 Å². The van der Waals surface area contributed by atoms with Crippen LogP contribution in [-0.2, 0) is 63.8 Å². The largest absolute Gasteiger partial charge is 2.00 e. The van der Waals surface area contributed by atoms with Crippen molar-refractivity contribution in [1.82, 2.24) is 15.0 Å². The Morgan fingerprint density at radius 3 is 1.32 bits per heavy atom. The van der Waals surface area contributed by atoms with Gasteiger partial charge < -0.3 is 14.9 Å². The van der Waals surface area contributed by atoms with Crippen molar-refractivity contribution < 1.29 is 42.1 Å². The Bertz CT molecular complexity index is 3380. The molecular weight excluding hydrogens is 1360 g/mol. The standard InChI is InChI=1S/C36H35N3.C36H37N3.C2H6.2Pt/c1-35(2,3)28-23-29(36(4,5)6)25-32(24-28)39(30-15-11-13-26(21-30)33-17-7-9-19-37-33)31-16-12-14-27(22-31)34-18-8-10-20-38-34;1-9-33(37-26(2)27-17-12-10-13-18-27)39(34-22-16-21-32(38-34)28-19-14-11-15-20-28)31-24-29(35(3,4)5)23-30(25-31)36(6,7)8;1-2;;/h7-20,23-25H,1-6H3;9-17,19,21-25H,1-2H2,3-8H3;1-2H3;;/q2*-2;;2*+2. The summed E-state index contributed by atoms with van der Waals surface area (Å²) in [5.41, 5.74) is 15.7. The first-order valence-corrected chi connectivity index (χ1v) is 27.7. The number of aliphatic imine (C=N–C) groups is 1. The summed E-state index contributed by atoms with van der Waals surface area (Å²) in [4.78, 5) is 23.5. The van der Waals surface area contributed by atoms with Gasteiger partial charge in [0.15, 0.2) is 0 Å². The Kier molecular flexibility index (Phi) is 23.0. The number of amidine groups is 1. The summed E-state index contributed by atoms with van der Waals surface area (Å²) < 4.78 is 0. The summed E-state index contributed by atoms with van der Waals surface area (Å²) in [5.74, 6) is 1.36. The Hall–Kier alpha value is -7.10. The molecule has 0 bridgehead atoms. The van der Waals surface area contributed by atoms with E-state index in [0.717, 1.165) is 67.9 Å². The maximum absolute atomic E-state index is 5.08. The summed E-state index contributed by atoms with van der Waals surface area (Å²) in [6.45, 7) is 39.4. The smallest absolute Gasteiger partial charge is 0.346 e. The van der Waals surface area contributed by atoms with E-state index in [1.165, 1.54) is 22.3 Å². The zero-order valence-corrected chi connectivity index (χ0v) is 54.7. The molecule has 6 aromatic carbocycles. The van der Waals surface area contributed by atoms with E-state index in [0.29, 0.717) is 11.5 Å². The summed E-state index contributed by atoms with van der Waals surface area (Å²) in [6.07, 6.45) is 5.40. The van der Waals surface area contributed by atoms with Gasteiger partial charge in [0, 0.05) is 23.8 Å². The monoisotopic (exact) mass is 1440 g/mol. The number of anilines is 5. The third-order valence-corrected chi connectivity index (χ3v) is 13.4. The summed E-state index contributed by atoms with van der Waals surface area (Å²) in [7, 11) is 0. The second-order valence-electron chi connectivity index (χ2n) is 23.6. The van der Waals surface area contributed by atoms with Crippen molar-refractivity contribution in [3.05, 3.63) is 260 Å². The van der Waals surface area contributed by atoms with Crippen molar-refractivity contribution in [3.8, 4) is 33.8 Å². The van der Waals surface area contributed by atoms with E-state index in [-0.39, 0.29) is 63.8 Å². The van der Waals surface area contributed by atoms with Crippen LogP contribution in [0.2, 0.25) is 0 Å².